The lowest BCUT2D eigenvalue weighted by Crippen LogP contribution is -2.44. The molecule has 2 aromatic carbocycles. The van der Waals surface area contributed by atoms with Crippen LogP contribution in [0, 0.1) is 20.8 Å². The molecule has 0 aliphatic carbocycles. The molecule has 0 N–H and O–H groups in total. The number of methoxy groups -OCH3 is 1. The highest BCUT2D eigenvalue weighted by atomic mass is 28.4. The Balaban J connectivity index is 2.76. The molecule has 0 atom stereocenters. The minimum Gasteiger partial charge on any atom is -0.543 e. The Morgan fingerprint density at radius 1 is 0.920 bits per heavy atom. The molecule has 0 radical (unpaired) electrons. The molecule has 2 aromatic rings. The molecule has 0 aliphatic heterocycles. The molecular weight excluding hydrogens is 324 g/mol. The van der Waals surface area contributed by atoms with Gasteiger partial charge in [0.25, 0.3) is 8.32 Å². The summed E-state index contributed by atoms with van der Waals surface area (Å²) in [5.41, 5.74) is 5.90. The third-order valence-corrected chi connectivity index (χ3v) is 9.80. The first-order valence-corrected chi connectivity index (χ1v) is 11.8. The first-order chi connectivity index (χ1) is 11.5. The van der Waals surface area contributed by atoms with Gasteiger partial charge in [0, 0.05) is 11.1 Å². The average Bonchev–Trinajstić information content (AvgIpc) is 2.51. The summed E-state index contributed by atoms with van der Waals surface area (Å²) in [6.45, 7) is 17.8. The number of benzene rings is 2. The van der Waals surface area contributed by atoms with Crippen LogP contribution in [0.25, 0.3) is 11.1 Å². The maximum absolute atomic E-state index is 6.80. The smallest absolute Gasteiger partial charge is 0.250 e. The molecule has 0 saturated carbocycles. The van der Waals surface area contributed by atoms with Crippen LogP contribution in [0.4, 0.5) is 0 Å². The lowest BCUT2D eigenvalue weighted by molar-refractivity contribution is 0.410. The molecule has 0 fully saturated rings. The number of hydrogen-bond donors (Lipinski definition) is 0. The van der Waals surface area contributed by atoms with Crippen molar-refractivity contribution in [1.29, 1.82) is 0 Å². The molecule has 25 heavy (non-hydrogen) atoms. The molecule has 0 amide bonds. The van der Waals surface area contributed by atoms with E-state index >= 15 is 0 Å². The van der Waals surface area contributed by atoms with E-state index in [1.54, 1.807) is 7.11 Å². The molecule has 2 nitrogen and oxygen atoms in total. The van der Waals surface area contributed by atoms with Crippen molar-refractivity contribution in [3.63, 3.8) is 0 Å². The minimum absolute atomic E-state index is 0.149. The maximum Gasteiger partial charge on any atom is 0.250 e. The van der Waals surface area contributed by atoms with Gasteiger partial charge in [0.1, 0.15) is 11.5 Å². The third-order valence-electron chi connectivity index (χ3n) is 5.48. The molecule has 0 saturated heterocycles. The molecular formula is C22H32O2Si. The lowest BCUT2D eigenvalue weighted by atomic mass is 9.93. The Morgan fingerprint density at radius 3 is 2.04 bits per heavy atom. The molecule has 3 heteroatoms. The van der Waals surface area contributed by atoms with Gasteiger partial charge in [-0.3, -0.25) is 0 Å². The predicted molar refractivity (Wildman–Crippen MR) is 110 cm³/mol. The van der Waals surface area contributed by atoms with Crippen LogP contribution in [0.2, 0.25) is 18.1 Å². The van der Waals surface area contributed by atoms with Gasteiger partial charge in [-0.1, -0.05) is 45.0 Å². The van der Waals surface area contributed by atoms with Crippen LogP contribution in [0.5, 0.6) is 11.5 Å². The molecule has 0 unspecified atom stereocenters. The number of rotatable bonds is 4. The fraction of sp³-hybridized carbons (Fsp3) is 0.455. The minimum atomic E-state index is -1.95. The highest BCUT2D eigenvalue weighted by molar-refractivity contribution is 6.74. The maximum atomic E-state index is 6.80. The number of hydrogen-bond acceptors (Lipinski definition) is 2. The Morgan fingerprint density at radius 2 is 1.52 bits per heavy atom. The Kier molecular flexibility index (Phi) is 5.38. The van der Waals surface area contributed by atoms with Gasteiger partial charge >= 0.3 is 0 Å². The highest BCUT2D eigenvalue weighted by Gasteiger charge is 2.40. The van der Waals surface area contributed by atoms with E-state index in [2.05, 4.69) is 85.0 Å². The van der Waals surface area contributed by atoms with Crippen molar-refractivity contribution in [3.8, 4) is 22.6 Å². The molecule has 0 aromatic heterocycles. The summed E-state index contributed by atoms with van der Waals surface area (Å²) in [5.74, 6) is 1.93. The van der Waals surface area contributed by atoms with Crippen LogP contribution in [0.3, 0.4) is 0 Å². The summed E-state index contributed by atoms with van der Waals surface area (Å²) in [6, 6.07) is 10.6. The topological polar surface area (TPSA) is 18.5 Å². The summed E-state index contributed by atoms with van der Waals surface area (Å²) in [6.07, 6.45) is 0. The molecule has 136 valence electrons. The Hall–Kier alpha value is -1.74. The van der Waals surface area contributed by atoms with Gasteiger partial charge in [0.15, 0.2) is 0 Å². The summed E-state index contributed by atoms with van der Waals surface area (Å²) < 4.78 is 12.4. The van der Waals surface area contributed by atoms with Gasteiger partial charge in [-0.15, -0.1) is 0 Å². The molecule has 0 aliphatic rings. The van der Waals surface area contributed by atoms with Crippen molar-refractivity contribution in [2.75, 3.05) is 7.11 Å². The van der Waals surface area contributed by atoms with Crippen LogP contribution in [0.15, 0.2) is 30.3 Å². The second-order valence-electron chi connectivity index (χ2n) is 8.40. The predicted octanol–water partition coefficient (Wildman–Crippen LogP) is 6.67. The highest BCUT2D eigenvalue weighted by Crippen LogP contribution is 2.46. The largest absolute Gasteiger partial charge is 0.543 e. The zero-order valence-corrected chi connectivity index (χ0v) is 18.2. The lowest BCUT2D eigenvalue weighted by Gasteiger charge is -2.38. The zero-order valence-electron chi connectivity index (χ0n) is 17.2. The van der Waals surface area contributed by atoms with Crippen molar-refractivity contribution in [2.24, 2.45) is 0 Å². The van der Waals surface area contributed by atoms with E-state index in [1.165, 1.54) is 16.7 Å². The average molecular weight is 357 g/mol. The van der Waals surface area contributed by atoms with E-state index in [1.807, 2.05) is 0 Å². The van der Waals surface area contributed by atoms with E-state index in [9.17, 15) is 0 Å². The van der Waals surface area contributed by atoms with Gasteiger partial charge in [0.05, 0.1) is 7.11 Å². The first-order valence-electron chi connectivity index (χ1n) is 8.93. The van der Waals surface area contributed by atoms with Crippen LogP contribution in [0.1, 0.15) is 37.5 Å². The summed E-state index contributed by atoms with van der Waals surface area (Å²) in [7, 11) is -0.216. The van der Waals surface area contributed by atoms with Crippen molar-refractivity contribution in [2.45, 2.75) is 59.7 Å². The van der Waals surface area contributed by atoms with Crippen molar-refractivity contribution in [1.82, 2.24) is 0 Å². The summed E-state index contributed by atoms with van der Waals surface area (Å²) >= 11 is 0. The van der Waals surface area contributed by atoms with E-state index in [4.69, 9.17) is 9.16 Å². The second-order valence-corrected chi connectivity index (χ2v) is 13.1. The fourth-order valence-electron chi connectivity index (χ4n) is 2.79. The monoisotopic (exact) mass is 356 g/mol. The van der Waals surface area contributed by atoms with Crippen molar-refractivity contribution >= 4 is 8.32 Å². The zero-order chi connectivity index (χ0) is 19.0. The van der Waals surface area contributed by atoms with Crippen LogP contribution < -0.4 is 9.16 Å². The van der Waals surface area contributed by atoms with Crippen LogP contribution in [-0.2, 0) is 0 Å². The quantitative estimate of drug-likeness (QED) is 0.569. The first kappa shape index (κ1) is 19.6. The number of ether oxygens (including phenoxy) is 1. The standard InChI is InChI=1S/C22H32O2Si/c1-15-12-10-11-13-18(15)20-17(3)19(23-7)14-16(2)21(20)24-25(8,9)22(4,5)6/h10-14H,1-9H3. The van der Waals surface area contributed by atoms with Crippen LogP contribution in [-0.4, -0.2) is 15.4 Å². The molecule has 2 rings (SSSR count). The van der Waals surface area contributed by atoms with Crippen LogP contribution >= 0.6 is 0 Å². The molecule has 0 spiro atoms. The third kappa shape index (κ3) is 3.76. The Labute approximate surface area is 154 Å². The SMILES string of the molecule is COc1cc(C)c(O[Si](C)(C)C(C)(C)C)c(-c2ccccc2C)c1C. The van der Waals surface area contributed by atoms with E-state index < -0.39 is 8.32 Å². The van der Waals surface area contributed by atoms with E-state index in [0.717, 1.165) is 22.6 Å². The van der Waals surface area contributed by atoms with Gasteiger partial charge in [0.2, 0.25) is 0 Å². The van der Waals surface area contributed by atoms with Gasteiger partial charge < -0.3 is 9.16 Å². The molecule has 0 heterocycles. The number of aryl methyl sites for hydroxylation is 2. The van der Waals surface area contributed by atoms with Gasteiger partial charge in [-0.25, -0.2) is 0 Å². The summed E-state index contributed by atoms with van der Waals surface area (Å²) in [5, 5.41) is 0.149. The summed E-state index contributed by atoms with van der Waals surface area (Å²) in [4.78, 5) is 0. The van der Waals surface area contributed by atoms with E-state index in [0.29, 0.717) is 0 Å². The normalized spacial score (nSPS) is 12.2. The fourth-order valence-corrected chi connectivity index (χ4v) is 3.87. The van der Waals surface area contributed by atoms with Crippen molar-refractivity contribution < 1.29 is 9.16 Å². The van der Waals surface area contributed by atoms with Crippen molar-refractivity contribution in [3.05, 3.63) is 47.0 Å². The van der Waals surface area contributed by atoms with E-state index in [-0.39, 0.29) is 5.04 Å². The second kappa shape index (κ2) is 6.87. The Bertz CT molecular complexity index is 770. The van der Waals surface area contributed by atoms with Gasteiger partial charge in [-0.2, -0.15) is 0 Å². The molecule has 0 bridgehead atoms. The van der Waals surface area contributed by atoms with Gasteiger partial charge in [-0.05, 0) is 61.7 Å².